The molecule has 2 N–H and O–H groups in total. The minimum atomic E-state index is -0.306. The van der Waals surface area contributed by atoms with Crippen molar-refractivity contribution in [3.8, 4) is 0 Å². The van der Waals surface area contributed by atoms with Gasteiger partial charge in [0.1, 0.15) is 5.82 Å². The molecule has 0 spiro atoms. The lowest BCUT2D eigenvalue weighted by molar-refractivity contribution is -0.116. The average molecular weight is 236 g/mol. The molecule has 0 fully saturated rings. The zero-order valence-corrected chi connectivity index (χ0v) is 10.3. The van der Waals surface area contributed by atoms with E-state index in [-0.39, 0.29) is 23.2 Å². The van der Waals surface area contributed by atoms with Crippen LogP contribution < -0.4 is 10.6 Å². The Balaban J connectivity index is 2.38. The standard InChI is InChI=1S/C13H17FN2O/c1-13(2,3)11-7-12(17)16-9-5-4-8(14)6-10(9)15-11/h4-6,11,15H,7H2,1-3H3,(H,16,17). The number of rotatable bonds is 0. The van der Waals surface area contributed by atoms with E-state index in [0.29, 0.717) is 17.8 Å². The van der Waals surface area contributed by atoms with Crippen LogP contribution in [0.25, 0.3) is 0 Å². The summed E-state index contributed by atoms with van der Waals surface area (Å²) >= 11 is 0. The summed E-state index contributed by atoms with van der Waals surface area (Å²) in [6.07, 6.45) is 0.389. The smallest absolute Gasteiger partial charge is 0.226 e. The van der Waals surface area contributed by atoms with Crippen molar-refractivity contribution in [1.29, 1.82) is 0 Å². The maximum atomic E-state index is 13.2. The molecule has 0 bridgehead atoms. The molecule has 1 unspecified atom stereocenters. The Kier molecular flexibility index (Phi) is 2.81. The fourth-order valence-corrected chi connectivity index (χ4v) is 1.89. The number of carbonyl (C=O) groups excluding carboxylic acids is 1. The lowest BCUT2D eigenvalue weighted by Crippen LogP contribution is -2.35. The first-order valence-electron chi connectivity index (χ1n) is 5.72. The van der Waals surface area contributed by atoms with Crippen molar-refractivity contribution in [3.05, 3.63) is 24.0 Å². The molecule has 2 rings (SSSR count). The van der Waals surface area contributed by atoms with Crippen LogP contribution in [0.15, 0.2) is 18.2 Å². The van der Waals surface area contributed by atoms with Gasteiger partial charge < -0.3 is 10.6 Å². The lowest BCUT2D eigenvalue weighted by Gasteiger charge is -2.30. The SMILES string of the molecule is CC(C)(C)C1CC(=O)Nc2ccc(F)cc2N1. The molecule has 1 amide bonds. The molecule has 1 aliphatic rings. The van der Waals surface area contributed by atoms with Crippen LogP contribution in [0.1, 0.15) is 27.2 Å². The number of hydrogen-bond donors (Lipinski definition) is 2. The van der Waals surface area contributed by atoms with E-state index in [2.05, 4.69) is 31.4 Å². The third-order valence-corrected chi connectivity index (χ3v) is 3.02. The molecule has 0 aliphatic carbocycles. The Morgan fingerprint density at radius 3 is 2.65 bits per heavy atom. The van der Waals surface area contributed by atoms with Gasteiger partial charge in [-0.1, -0.05) is 20.8 Å². The van der Waals surface area contributed by atoms with Gasteiger partial charge in [0.05, 0.1) is 11.4 Å². The molecule has 1 atom stereocenters. The fourth-order valence-electron chi connectivity index (χ4n) is 1.89. The van der Waals surface area contributed by atoms with E-state index < -0.39 is 0 Å². The van der Waals surface area contributed by atoms with Gasteiger partial charge in [-0.3, -0.25) is 4.79 Å². The Labute approximate surface area is 100 Å². The van der Waals surface area contributed by atoms with Crippen molar-refractivity contribution in [2.45, 2.75) is 33.2 Å². The highest BCUT2D eigenvalue weighted by atomic mass is 19.1. The molecule has 0 saturated carbocycles. The Bertz CT molecular complexity index is 451. The summed E-state index contributed by atoms with van der Waals surface area (Å²) in [5.41, 5.74) is 1.23. The first-order valence-corrected chi connectivity index (χ1v) is 5.72. The quantitative estimate of drug-likeness (QED) is 0.727. The predicted molar refractivity (Wildman–Crippen MR) is 66.5 cm³/mol. The van der Waals surface area contributed by atoms with E-state index in [4.69, 9.17) is 0 Å². The van der Waals surface area contributed by atoms with E-state index in [9.17, 15) is 9.18 Å². The number of benzene rings is 1. The Morgan fingerprint density at radius 1 is 1.29 bits per heavy atom. The van der Waals surface area contributed by atoms with Crippen molar-refractivity contribution in [3.63, 3.8) is 0 Å². The van der Waals surface area contributed by atoms with Crippen LogP contribution in [-0.2, 0) is 4.79 Å². The van der Waals surface area contributed by atoms with Crippen molar-refractivity contribution < 1.29 is 9.18 Å². The third kappa shape index (κ3) is 2.57. The van der Waals surface area contributed by atoms with Crippen LogP contribution >= 0.6 is 0 Å². The van der Waals surface area contributed by atoms with Crippen LogP contribution in [0, 0.1) is 11.2 Å². The molecule has 92 valence electrons. The van der Waals surface area contributed by atoms with Gasteiger partial charge in [0.25, 0.3) is 0 Å². The van der Waals surface area contributed by atoms with Gasteiger partial charge in [0.15, 0.2) is 0 Å². The molecule has 4 heteroatoms. The van der Waals surface area contributed by atoms with Crippen molar-refractivity contribution in [2.24, 2.45) is 5.41 Å². The predicted octanol–water partition coefficient (Wildman–Crippen LogP) is 2.99. The first-order chi connectivity index (χ1) is 7.86. The maximum absolute atomic E-state index is 13.2. The summed E-state index contributed by atoms with van der Waals surface area (Å²) in [4.78, 5) is 11.7. The Morgan fingerprint density at radius 2 is 2.00 bits per heavy atom. The third-order valence-electron chi connectivity index (χ3n) is 3.02. The number of anilines is 2. The molecular formula is C13H17FN2O. The van der Waals surface area contributed by atoms with E-state index in [1.165, 1.54) is 12.1 Å². The normalized spacial score (nSPS) is 20.0. The molecule has 3 nitrogen and oxygen atoms in total. The monoisotopic (exact) mass is 236 g/mol. The average Bonchev–Trinajstić information content (AvgIpc) is 2.35. The van der Waals surface area contributed by atoms with Gasteiger partial charge in [-0.2, -0.15) is 0 Å². The number of fused-ring (bicyclic) bond motifs is 1. The summed E-state index contributed by atoms with van der Waals surface area (Å²) < 4.78 is 13.2. The van der Waals surface area contributed by atoms with E-state index >= 15 is 0 Å². The van der Waals surface area contributed by atoms with Crippen molar-refractivity contribution >= 4 is 17.3 Å². The van der Waals surface area contributed by atoms with Gasteiger partial charge in [-0.25, -0.2) is 4.39 Å². The van der Waals surface area contributed by atoms with Crippen molar-refractivity contribution in [1.82, 2.24) is 0 Å². The summed E-state index contributed by atoms with van der Waals surface area (Å²) in [5.74, 6) is -0.345. The largest absolute Gasteiger partial charge is 0.379 e. The van der Waals surface area contributed by atoms with Crippen LogP contribution in [0.2, 0.25) is 0 Å². The van der Waals surface area contributed by atoms with Crippen molar-refractivity contribution in [2.75, 3.05) is 10.6 Å². The molecule has 0 radical (unpaired) electrons. The van der Waals surface area contributed by atoms with Gasteiger partial charge in [-0.05, 0) is 23.6 Å². The summed E-state index contributed by atoms with van der Waals surface area (Å²) in [5, 5.41) is 6.03. The van der Waals surface area contributed by atoms with Gasteiger partial charge in [-0.15, -0.1) is 0 Å². The molecule has 1 heterocycles. The topological polar surface area (TPSA) is 41.1 Å². The number of hydrogen-bond acceptors (Lipinski definition) is 2. The summed E-state index contributed by atoms with van der Waals surface area (Å²) in [7, 11) is 0. The minimum Gasteiger partial charge on any atom is -0.379 e. The highest BCUT2D eigenvalue weighted by Gasteiger charge is 2.30. The van der Waals surface area contributed by atoms with E-state index in [0.717, 1.165) is 0 Å². The zero-order valence-electron chi connectivity index (χ0n) is 10.3. The zero-order chi connectivity index (χ0) is 12.6. The highest BCUT2D eigenvalue weighted by Crippen LogP contribution is 2.32. The molecule has 1 aromatic carbocycles. The van der Waals surface area contributed by atoms with Gasteiger partial charge in [0, 0.05) is 12.5 Å². The second-order valence-corrected chi connectivity index (χ2v) is 5.51. The molecule has 0 aromatic heterocycles. The van der Waals surface area contributed by atoms with Crippen LogP contribution in [-0.4, -0.2) is 11.9 Å². The van der Waals surface area contributed by atoms with Gasteiger partial charge >= 0.3 is 0 Å². The minimum absolute atomic E-state index is 0.00875. The maximum Gasteiger partial charge on any atom is 0.226 e. The number of halogens is 1. The first kappa shape index (κ1) is 11.9. The second-order valence-electron chi connectivity index (χ2n) is 5.51. The summed E-state index contributed by atoms with van der Waals surface area (Å²) in [6, 6.07) is 4.34. The lowest BCUT2D eigenvalue weighted by atomic mass is 9.84. The van der Waals surface area contributed by atoms with Crippen LogP contribution in [0.3, 0.4) is 0 Å². The molecule has 17 heavy (non-hydrogen) atoms. The number of amides is 1. The molecule has 1 aliphatic heterocycles. The Hall–Kier alpha value is -1.58. The number of nitrogens with one attached hydrogen (secondary N) is 2. The van der Waals surface area contributed by atoms with E-state index in [1.54, 1.807) is 6.07 Å². The van der Waals surface area contributed by atoms with Crippen LogP contribution in [0.5, 0.6) is 0 Å². The highest BCUT2D eigenvalue weighted by molar-refractivity contribution is 5.96. The second kappa shape index (κ2) is 4.02. The van der Waals surface area contributed by atoms with E-state index in [1.807, 2.05) is 0 Å². The molecular weight excluding hydrogens is 219 g/mol. The van der Waals surface area contributed by atoms with Crippen LogP contribution in [0.4, 0.5) is 15.8 Å². The molecule has 0 saturated heterocycles. The fraction of sp³-hybridized carbons (Fsp3) is 0.462. The summed E-state index contributed by atoms with van der Waals surface area (Å²) in [6.45, 7) is 6.17. The molecule has 1 aromatic rings. The number of carbonyl (C=O) groups is 1. The van der Waals surface area contributed by atoms with Gasteiger partial charge in [0.2, 0.25) is 5.91 Å².